The third-order valence-electron chi connectivity index (χ3n) is 2.25. The van der Waals surface area contributed by atoms with Gasteiger partial charge in [0.25, 0.3) is 0 Å². The number of nitrogens with two attached hydrogens (primary N) is 1. The molecule has 88 valence electrons. The number of hydrogen-bond donors (Lipinski definition) is 2. The van der Waals surface area contributed by atoms with Gasteiger partial charge in [-0.25, -0.2) is 4.79 Å². The Bertz CT molecular complexity index is 350. The summed E-state index contributed by atoms with van der Waals surface area (Å²) < 4.78 is 0. The van der Waals surface area contributed by atoms with E-state index in [4.69, 9.17) is 5.73 Å². The molecule has 1 aromatic rings. The molecule has 0 atom stereocenters. The van der Waals surface area contributed by atoms with E-state index in [9.17, 15) is 4.79 Å². The first-order chi connectivity index (χ1) is 7.63. The standard InChI is InChI=1S/C12H19N3O/c1-15(2)12(16)14-11-7-3-5-10(9-11)6-4-8-13/h3,5,7,9H,4,6,8,13H2,1-2H3,(H,14,16). The molecular formula is C12H19N3O. The summed E-state index contributed by atoms with van der Waals surface area (Å²) in [5, 5.41) is 2.81. The highest BCUT2D eigenvalue weighted by atomic mass is 16.2. The minimum Gasteiger partial charge on any atom is -0.331 e. The number of carbonyl (C=O) groups excluding carboxylic acids is 1. The topological polar surface area (TPSA) is 58.4 Å². The molecule has 1 rings (SSSR count). The van der Waals surface area contributed by atoms with Gasteiger partial charge in [-0.3, -0.25) is 0 Å². The van der Waals surface area contributed by atoms with Crippen molar-refractivity contribution >= 4 is 11.7 Å². The summed E-state index contributed by atoms with van der Waals surface area (Å²) in [6.07, 6.45) is 1.91. The van der Waals surface area contributed by atoms with Crippen LogP contribution >= 0.6 is 0 Å². The van der Waals surface area contributed by atoms with Crippen molar-refractivity contribution in [3.05, 3.63) is 29.8 Å². The van der Waals surface area contributed by atoms with Crippen LogP contribution in [-0.2, 0) is 6.42 Å². The maximum absolute atomic E-state index is 11.4. The van der Waals surface area contributed by atoms with Crippen molar-refractivity contribution < 1.29 is 4.79 Å². The predicted molar refractivity (Wildman–Crippen MR) is 66.5 cm³/mol. The van der Waals surface area contributed by atoms with E-state index in [2.05, 4.69) is 5.32 Å². The highest BCUT2D eigenvalue weighted by Gasteiger charge is 2.03. The van der Waals surface area contributed by atoms with Crippen LogP contribution in [0.2, 0.25) is 0 Å². The lowest BCUT2D eigenvalue weighted by molar-refractivity contribution is 0.230. The lowest BCUT2D eigenvalue weighted by atomic mass is 10.1. The lowest BCUT2D eigenvalue weighted by Crippen LogP contribution is -2.27. The molecule has 1 aromatic carbocycles. The summed E-state index contributed by atoms with van der Waals surface area (Å²) >= 11 is 0. The number of nitrogens with one attached hydrogen (secondary N) is 1. The first-order valence-electron chi connectivity index (χ1n) is 5.41. The molecule has 0 aliphatic heterocycles. The molecule has 2 amide bonds. The Balaban J connectivity index is 2.63. The normalized spacial score (nSPS) is 9.94. The van der Waals surface area contributed by atoms with Crippen LogP contribution in [0.1, 0.15) is 12.0 Å². The summed E-state index contributed by atoms with van der Waals surface area (Å²) in [7, 11) is 3.43. The fourth-order valence-electron chi connectivity index (χ4n) is 1.35. The predicted octanol–water partition coefficient (Wildman–Crippen LogP) is 1.67. The molecule has 0 heterocycles. The van der Waals surface area contributed by atoms with Crippen LogP contribution < -0.4 is 11.1 Å². The fraction of sp³-hybridized carbons (Fsp3) is 0.417. The number of amides is 2. The van der Waals surface area contributed by atoms with Gasteiger partial charge in [-0.15, -0.1) is 0 Å². The van der Waals surface area contributed by atoms with E-state index in [-0.39, 0.29) is 6.03 Å². The zero-order valence-electron chi connectivity index (χ0n) is 9.86. The van der Waals surface area contributed by atoms with Gasteiger partial charge in [0.2, 0.25) is 0 Å². The molecule has 0 aromatic heterocycles. The van der Waals surface area contributed by atoms with Crippen molar-refractivity contribution in [1.82, 2.24) is 4.90 Å². The van der Waals surface area contributed by atoms with Gasteiger partial charge in [-0.05, 0) is 37.1 Å². The number of urea groups is 1. The molecule has 0 saturated heterocycles. The second-order valence-corrected chi connectivity index (χ2v) is 3.92. The summed E-state index contributed by atoms with van der Waals surface area (Å²) in [5.41, 5.74) is 7.48. The smallest absolute Gasteiger partial charge is 0.321 e. The minimum atomic E-state index is -0.115. The van der Waals surface area contributed by atoms with Gasteiger partial charge in [0.05, 0.1) is 0 Å². The maximum Gasteiger partial charge on any atom is 0.321 e. The fourth-order valence-corrected chi connectivity index (χ4v) is 1.35. The Morgan fingerprint density at radius 2 is 2.19 bits per heavy atom. The number of aryl methyl sites for hydroxylation is 1. The molecule has 0 radical (unpaired) electrons. The molecule has 0 aliphatic rings. The number of nitrogens with zero attached hydrogens (tertiary/aromatic N) is 1. The van der Waals surface area contributed by atoms with E-state index in [0.29, 0.717) is 6.54 Å². The van der Waals surface area contributed by atoms with Crippen LogP contribution in [0.15, 0.2) is 24.3 Å². The molecule has 4 heteroatoms. The van der Waals surface area contributed by atoms with E-state index in [1.54, 1.807) is 14.1 Å². The van der Waals surface area contributed by atoms with Crippen LogP contribution in [0.5, 0.6) is 0 Å². The number of hydrogen-bond acceptors (Lipinski definition) is 2. The third-order valence-corrected chi connectivity index (χ3v) is 2.25. The molecule has 0 spiro atoms. The van der Waals surface area contributed by atoms with Crippen LogP contribution in [0.3, 0.4) is 0 Å². The van der Waals surface area contributed by atoms with Crippen molar-refractivity contribution in [3.8, 4) is 0 Å². The monoisotopic (exact) mass is 221 g/mol. The largest absolute Gasteiger partial charge is 0.331 e. The van der Waals surface area contributed by atoms with Crippen molar-refractivity contribution in [2.24, 2.45) is 5.73 Å². The second kappa shape index (κ2) is 6.12. The summed E-state index contributed by atoms with van der Waals surface area (Å²) in [6, 6.07) is 7.73. The number of anilines is 1. The summed E-state index contributed by atoms with van der Waals surface area (Å²) in [4.78, 5) is 12.9. The van der Waals surface area contributed by atoms with Gasteiger partial charge in [0.15, 0.2) is 0 Å². The van der Waals surface area contributed by atoms with Gasteiger partial charge in [0.1, 0.15) is 0 Å². The lowest BCUT2D eigenvalue weighted by Gasteiger charge is -2.12. The Morgan fingerprint density at radius 3 is 2.81 bits per heavy atom. The zero-order valence-corrected chi connectivity index (χ0v) is 9.86. The molecule has 0 fully saturated rings. The SMILES string of the molecule is CN(C)C(=O)Nc1cccc(CCCN)c1. The zero-order chi connectivity index (χ0) is 12.0. The first-order valence-corrected chi connectivity index (χ1v) is 5.41. The summed E-state index contributed by atoms with van der Waals surface area (Å²) in [6.45, 7) is 0.689. The van der Waals surface area contributed by atoms with Crippen LogP contribution in [0.4, 0.5) is 10.5 Å². The van der Waals surface area contributed by atoms with Crippen LogP contribution in [0.25, 0.3) is 0 Å². The molecule has 0 aliphatic carbocycles. The van der Waals surface area contributed by atoms with E-state index < -0.39 is 0 Å². The van der Waals surface area contributed by atoms with Gasteiger partial charge in [-0.1, -0.05) is 12.1 Å². The summed E-state index contributed by atoms with van der Waals surface area (Å²) in [5.74, 6) is 0. The highest BCUT2D eigenvalue weighted by molar-refractivity contribution is 5.88. The first kappa shape index (κ1) is 12.5. The molecule has 4 nitrogen and oxygen atoms in total. The molecule has 0 unspecified atom stereocenters. The van der Waals surface area contributed by atoms with Crippen molar-refractivity contribution in [1.29, 1.82) is 0 Å². The van der Waals surface area contributed by atoms with Gasteiger partial charge in [-0.2, -0.15) is 0 Å². The number of benzene rings is 1. The van der Waals surface area contributed by atoms with Crippen molar-refractivity contribution in [2.45, 2.75) is 12.8 Å². The van der Waals surface area contributed by atoms with Crippen LogP contribution in [0, 0.1) is 0 Å². The van der Waals surface area contributed by atoms with E-state index in [1.807, 2.05) is 24.3 Å². The van der Waals surface area contributed by atoms with E-state index in [1.165, 1.54) is 10.5 Å². The molecule has 16 heavy (non-hydrogen) atoms. The Hall–Kier alpha value is -1.55. The third kappa shape index (κ3) is 3.90. The van der Waals surface area contributed by atoms with Gasteiger partial charge < -0.3 is 16.0 Å². The van der Waals surface area contributed by atoms with Crippen molar-refractivity contribution in [3.63, 3.8) is 0 Å². The second-order valence-electron chi connectivity index (χ2n) is 3.92. The van der Waals surface area contributed by atoms with Crippen LogP contribution in [-0.4, -0.2) is 31.6 Å². The average molecular weight is 221 g/mol. The molecule has 0 saturated carbocycles. The number of carbonyl (C=O) groups is 1. The molecule has 3 N–H and O–H groups in total. The number of rotatable bonds is 4. The Morgan fingerprint density at radius 1 is 1.44 bits per heavy atom. The van der Waals surface area contributed by atoms with E-state index in [0.717, 1.165) is 18.5 Å². The van der Waals surface area contributed by atoms with E-state index >= 15 is 0 Å². The molecule has 0 bridgehead atoms. The average Bonchev–Trinajstić information content (AvgIpc) is 2.26. The Labute approximate surface area is 96.4 Å². The minimum absolute atomic E-state index is 0.115. The highest BCUT2D eigenvalue weighted by Crippen LogP contribution is 2.12. The maximum atomic E-state index is 11.4. The van der Waals surface area contributed by atoms with Gasteiger partial charge >= 0.3 is 6.03 Å². The van der Waals surface area contributed by atoms with Gasteiger partial charge in [0, 0.05) is 19.8 Å². The molecular weight excluding hydrogens is 202 g/mol. The Kier molecular flexibility index (Phi) is 4.79. The van der Waals surface area contributed by atoms with Crippen molar-refractivity contribution in [2.75, 3.05) is 26.0 Å². The quantitative estimate of drug-likeness (QED) is 0.812.